The first-order chi connectivity index (χ1) is 3.29. The second-order valence-corrected chi connectivity index (χ2v) is 2.68. The third-order valence-electron chi connectivity index (χ3n) is 0.780. The SMILES string of the molecule is C=C1C=CC(I)=C1. The van der Waals surface area contributed by atoms with Gasteiger partial charge in [-0.15, -0.1) is 0 Å². The van der Waals surface area contributed by atoms with Crippen molar-refractivity contribution in [1.82, 2.24) is 0 Å². The number of hydrogen-bond donors (Lipinski definition) is 0. The van der Waals surface area contributed by atoms with Crippen molar-refractivity contribution in [3.8, 4) is 0 Å². The van der Waals surface area contributed by atoms with E-state index in [4.69, 9.17) is 0 Å². The van der Waals surface area contributed by atoms with Gasteiger partial charge in [-0.05, 0) is 40.3 Å². The molecule has 0 N–H and O–H groups in total. The van der Waals surface area contributed by atoms with E-state index in [9.17, 15) is 0 Å². The van der Waals surface area contributed by atoms with Crippen LogP contribution in [0, 0.1) is 0 Å². The van der Waals surface area contributed by atoms with Gasteiger partial charge in [-0.2, -0.15) is 0 Å². The summed E-state index contributed by atoms with van der Waals surface area (Å²) in [5.74, 6) is 0. The molecule has 0 nitrogen and oxygen atoms in total. The monoisotopic (exact) mass is 204 g/mol. The molecule has 0 aromatic rings. The van der Waals surface area contributed by atoms with Crippen LogP contribution in [0.1, 0.15) is 0 Å². The Bertz CT molecular complexity index is 152. The van der Waals surface area contributed by atoms with Crippen LogP contribution in [0.2, 0.25) is 0 Å². The van der Waals surface area contributed by atoms with Crippen LogP contribution in [0.5, 0.6) is 0 Å². The summed E-state index contributed by atoms with van der Waals surface area (Å²) in [5, 5.41) is 0. The van der Waals surface area contributed by atoms with Crippen LogP contribution >= 0.6 is 22.6 Å². The van der Waals surface area contributed by atoms with Crippen LogP contribution in [0.4, 0.5) is 0 Å². The van der Waals surface area contributed by atoms with Crippen molar-refractivity contribution in [1.29, 1.82) is 0 Å². The largest absolute Gasteiger partial charge is 0.0917 e. The van der Waals surface area contributed by atoms with Gasteiger partial charge < -0.3 is 0 Å². The van der Waals surface area contributed by atoms with Crippen LogP contribution < -0.4 is 0 Å². The van der Waals surface area contributed by atoms with E-state index in [-0.39, 0.29) is 0 Å². The zero-order valence-electron chi connectivity index (χ0n) is 3.82. The Kier molecular flexibility index (Phi) is 1.32. The van der Waals surface area contributed by atoms with Gasteiger partial charge in [-0.3, -0.25) is 0 Å². The minimum atomic E-state index is 1.10. The fourth-order valence-electron chi connectivity index (χ4n) is 0.460. The molecule has 0 spiro atoms. The summed E-state index contributed by atoms with van der Waals surface area (Å²) < 4.78 is 1.27. The van der Waals surface area contributed by atoms with Crippen molar-refractivity contribution >= 4 is 22.6 Å². The Morgan fingerprint density at radius 2 is 2.14 bits per heavy atom. The Hall–Kier alpha value is -0.0500. The smallest absolute Gasteiger partial charge is 0.0136 e. The number of hydrogen-bond acceptors (Lipinski definition) is 0. The highest BCUT2D eigenvalue weighted by Gasteiger charge is 1.92. The summed E-state index contributed by atoms with van der Waals surface area (Å²) in [6.07, 6.45) is 6.09. The molecular weight excluding hydrogens is 199 g/mol. The summed E-state index contributed by atoms with van der Waals surface area (Å²) in [5.41, 5.74) is 1.10. The van der Waals surface area contributed by atoms with Crippen LogP contribution in [0.25, 0.3) is 0 Å². The van der Waals surface area contributed by atoms with E-state index >= 15 is 0 Å². The molecule has 0 saturated carbocycles. The van der Waals surface area contributed by atoms with Gasteiger partial charge in [-0.25, -0.2) is 0 Å². The highest BCUT2D eigenvalue weighted by molar-refractivity contribution is 14.1. The Balaban J connectivity index is 2.88. The van der Waals surface area contributed by atoms with Crippen LogP contribution in [0.15, 0.2) is 34.0 Å². The first kappa shape index (κ1) is 5.09. The fourth-order valence-corrected chi connectivity index (χ4v) is 1.04. The molecule has 0 unspecified atom stereocenters. The maximum atomic E-state index is 3.74. The highest BCUT2D eigenvalue weighted by Crippen LogP contribution is 2.18. The topological polar surface area (TPSA) is 0 Å². The molecule has 0 aliphatic heterocycles. The lowest BCUT2D eigenvalue weighted by Crippen LogP contribution is -1.52. The molecule has 1 heteroatoms. The van der Waals surface area contributed by atoms with Gasteiger partial charge in [0.1, 0.15) is 0 Å². The van der Waals surface area contributed by atoms with Crippen LogP contribution in [-0.4, -0.2) is 0 Å². The number of halogens is 1. The van der Waals surface area contributed by atoms with Gasteiger partial charge in [0.2, 0.25) is 0 Å². The first-order valence-electron chi connectivity index (χ1n) is 2.03. The third-order valence-corrected chi connectivity index (χ3v) is 1.45. The number of allylic oxidation sites excluding steroid dienone is 5. The molecular formula is C6H5I. The predicted octanol–water partition coefficient (Wildman–Crippen LogP) is 2.43. The molecule has 0 saturated heterocycles. The van der Waals surface area contributed by atoms with E-state index in [1.54, 1.807) is 0 Å². The van der Waals surface area contributed by atoms with Gasteiger partial charge in [0.05, 0.1) is 0 Å². The molecule has 0 fully saturated rings. The lowest BCUT2D eigenvalue weighted by molar-refractivity contribution is 1.85. The van der Waals surface area contributed by atoms with E-state index in [2.05, 4.69) is 29.2 Å². The zero-order chi connectivity index (χ0) is 5.28. The van der Waals surface area contributed by atoms with Crippen LogP contribution in [-0.2, 0) is 0 Å². The minimum Gasteiger partial charge on any atom is -0.0917 e. The highest BCUT2D eigenvalue weighted by atomic mass is 127. The average molecular weight is 204 g/mol. The molecule has 0 bridgehead atoms. The van der Waals surface area contributed by atoms with Crippen molar-refractivity contribution < 1.29 is 0 Å². The Morgan fingerprint density at radius 1 is 1.43 bits per heavy atom. The van der Waals surface area contributed by atoms with E-state index in [0.29, 0.717) is 0 Å². The van der Waals surface area contributed by atoms with E-state index < -0.39 is 0 Å². The van der Waals surface area contributed by atoms with Crippen LogP contribution in [0.3, 0.4) is 0 Å². The second-order valence-electron chi connectivity index (χ2n) is 1.44. The van der Waals surface area contributed by atoms with Crippen molar-refractivity contribution in [2.75, 3.05) is 0 Å². The summed E-state index contributed by atoms with van der Waals surface area (Å²) in [6, 6.07) is 0. The molecule has 0 aromatic heterocycles. The molecule has 1 rings (SSSR count). The number of rotatable bonds is 0. The first-order valence-corrected chi connectivity index (χ1v) is 3.11. The molecule has 1 aliphatic rings. The van der Waals surface area contributed by atoms with E-state index in [1.165, 1.54) is 3.58 Å². The lowest BCUT2D eigenvalue weighted by atomic mass is 10.4. The molecule has 0 heterocycles. The molecule has 36 valence electrons. The van der Waals surface area contributed by atoms with Gasteiger partial charge in [0.15, 0.2) is 0 Å². The van der Waals surface area contributed by atoms with Crippen molar-refractivity contribution in [3.63, 3.8) is 0 Å². The maximum absolute atomic E-state index is 3.74. The summed E-state index contributed by atoms with van der Waals surface area (Å²) >= 11 is 2.26. The minimum absolute atomic E-state index is 1.10. The van der Waals surface area contributed by atoms with E-state index in [0.717, 1.165) is 5.57 Å². The normalized spacial score (nSPS) is 17.9. The fraction of sp³-hybridized carbons (Fsp3) is 0. The zero-order valence-corrected chi connectivity index (χ0v) is 5.97. The second kappa shape index (κ2) is 1.82. The quantitative estimate of drug-likeness (QED) is 0.531. The molecule has 0 amide bonds. The third kappa shape index (κ3) is 1.16. The Morgan fingerprint density at radius 3 is 2.29 bits per heavy atom. The molecule has 0 aromatic carbocycles. The lowest BCUT2D eigenvalue weighted by Gasteiger charge is -1.74. The Labute approximate surface area is 56.8 Å². The van der Waals surface area contributed by atoms with Gasteiger partial charge in [0.25, 0.3) is 0 Å². The predicted molar refractivity (Wildman–Crippen MR) is 40.4 cm³/mol. The molecule has 0 atom stereocenters. The van der Waals surface area contributed by atoms with Gasteiger partial charge in [-0.1, -0.05) is 12.7 Å². The molecule has 7 heavy (non-hydrogen) atoms. The average Bonchev–Trinajstić information content (AvgIpc) is 1.87. The summed E-state index contributed by atoms with van der Waals surface area (Å²) in [4.78, 5) is 0. The molecule has 0 radical (unpaired) electrons. The molecule has 1 aliphatic carbocycles. The van der Waals surface area contributed by atoms with Crippen molar-refractivity contribution in [3.05, 3.63) is 34.0 Å². The standard InChI is InChI=1S/C6H5I/c1-5-2-3-6(7)4-5/h2-4H,1H2. The van der Waals surface area contributed by atoms with Gasteiger partial charge >= 0.3 is 0 Å². The summed E-state index contributed by atoms with van der Waals surface area (Å²) in [6.45, 7) is 3.74. The van der Waals surface area contributed by atoms with Gasteiger partial charge in [0, 0.05) is 3.58 Å². The summed E-state index contributed by atoms with van der Waals surface area (Å²) in [7, 11) is 0. The van der Waals surface area contributed by atoms with E-state index in [1.807, 2.05) is 18.2 Å². The van der Waals surface area contributed by atoms with Crippen molar-refractivity contribution in [2.45, 2.75) is 0 Å². The maximum Gasteiger partial charge on any atom is 0.0136 e. The van der Waals surface area contributed by atoms with Crippen molar-refractivity contribution in [2.24, 2.45) is 0 Å².